The quantitative estimate of drug-likeness (QED) is 0.559. The van der Waals surface area contributed by atoms with Crippen LogP contribution >= 0.6 is 0 Å². The number of nitrogens with zero attached hydrogens (tertiary/aromatic N) is 2. The fraction of sp³-hybridized carbons (Fsp3) is 1.00. The molecule has 2 aliphatic rings. The highest BCUT2D eigenvalue weighted by Crippen LogP contribution is 2.25. The number of rotatable bonds is 1. The molecule has 2 heterocycles. The first kappa shape index (κ1) is 9.47. The predicted octanol–water partition coefficient (Wildman–Crippen LogP) is 1.67. The van der Waals surface area contributed by atoms with E-state index in [-0.39, 0.29) is 0 Å². The number of hydrogen-bond donors (Lipinski definition) is 0. The molecule has 2 heteroatoms. The van der Waals surface area contributed by atoms with Crippen molar-refractivity contribution in [2.75, 3.05) is 32.8 Å². The highest BCUT2D eigenvalue weighted by Gasteiger charge is 2.36. The fourth-order valence-corrected chi connectivity index (χ4v) is 2.93. The largest absolute Gasteiger partial charge is 0.311 e. The van der Waals surface area contributed by atoms with Crippen molar-refractivity contribution in [2.45, 2.75) is 39.2 Å². The van der Waals surface area contributed by atoms with Crippen LogP contribution in [0.3, 0.4) is 0 Å². The minimum absolute atomic E-state index is 0.746. The average Bonchev–Trinajstić information content (AvgIpc) is 2.53. The van der Waals surface area contributed by atoms with Crippen molar-refractivity contribution in [3.63, 3.8) is 0 Å². The van der Waals surface area contributed by atoms with Gasteiger partial charge in [0.2, 0.25) is 0 Å². The molecule has 2 fully saturated rings. The first-order valence-corrected chi connectivity index (χ1v) is 5.81. The van der Waals surface area contributed by atoms with Gasteiger partial charge in [-0.15, -0.1) is 0 Å². The summed E-state index contributed by atoms with van der Waals surface area (Å²) in [4.78, 5) is 2.66. The van der Waals surface area contributed by atoms with Gasteiger partial charge in [-0.2, -0.15) is 0 Å². The lowest BCUT2D eigenvalue weighted by atomic mass is 10.2. The van der Waals surface area contributed by atoms with E-state index >= 15 is 0 Å². The number of hydrogen-bond acceptors (Lipinski definition) is 1. The van der Waals surface area contributed by atoms with Crippen LogP contribution in [0.4, 0.5) is 0 Å². The van der Waals surface area contributed by atoms with Crippen LogP contribution < -0.4 is 0 Å². The topological polar surface area (TPSA) is 3.24 Å². The fourth-order valence-electron chi connectivity index (χ4n) is 2.93. The minimum Gasteiger partial charge on any atom is -0.311 e. The van der Waals surface area contributed by atoms with Crippen LogP contribution in [-0.4, -0.2) is 48.3 Å². The zero-order chi connectivity index (χ0) is 9.31. The molecular weight excluding hydrogens is 160 g/mol. The Balaban J connectivity index is 1.98. The Morgan fingerprint density at radius 1 is 1.00 bits per heavy atom. The molecule has 0 bridgehead atoms. The molecule has 0 N–H and O–H groups in total. The molecule has 0 unspecified atom stereocenters. The summed E-state index contributed by atoms with van der Waals surface area (Å²) in [5, 5.41) is 0. The zero-order valence-electron chi connectivity index (χ0n) is 9.13. The van der Waals surface area contributed by atoms with Gasteiger partial charge in [-0.1, -0.05) is 0 Å². The molecule has 0 amide bonds. The third kappa shape index (κ3) is 1.89. The second kappa shape index (κ2) is 3.58. The summed E-state index contributed by atoms with van der Waals surface area (Å²) in [7, 11) is 0. The van der Waals surface area contributed by atoms with Gasteiger partial charge in [0.05, 0.1) is 19.6 Å². The smallest absolute Gasteiger partial charge is 0.135 e. The van der Waals surface area contributed by atoms with E-state index in [1.165, 1.54) is 56.6 Å². The van der Waals surface area contributed by atoms with E-state index in [2.05, 4.69) is 18.7 Å². The standard InChI is InChI=1S/C11H23N2/c1-11(2)12-6-5-9-13(10-12)7-3-4-8-13/h11H,3-10H2,1-2H3/q+1. The zero-order valence-corrected chi connectivity index (χ0v) is 9.13. The van der Waals surface area contributed by atoms with Crippen molar-refractivity contribution < 1.29 is 4.48 Å². The molecule has 2 nitrogen and oxygen atoms in total. The summed E-state index contributed by atoms with van der Waals surface area (Å²) in [6, 6.07) is 0.746. The second-order valence-corrected chi connectivity index (χ2v) is 5.12. The Morgan fingerprint density at radius 3 is 2.23 bits per heavy atom. The Bertz CT molecular complexity index is 171. The van der Waals surface area contributed by atoms with Crippen molar-refractivity contribution in [1.82, 2.24) is 4.90 Å². The summed E-state index contributed by atoms with van der Waals surface area (Å²) < 4.78 is 1.41. The summed E-state index contributed by atoms with van der Waals surface area (Å²) in [5.74, 6) is 0. The van der Waals surface area contributed by atoms with Crippen molar-refractivity contribution in [1.29, 1.82) is 0 Å². The first-order chi connectivity index (χ1) is 6.22. The lowest BCUT2D eigenvalue weighted by Gasteiger charge is -2.44. The van der Waals surface area contributed by atoms with E-state index in [4.69, 9.17) is 0 Å². The predicted molar refractivity (Wildman–Crippen MR) is 55.4 cm³/mol. The van der Waals surface area contributed by atoms with Crippen LogP contribution in [0.25, 0.3) is 0 Å². The van der Waals surface area contributed by atoms with Gasteiger partial charge >= 0.3 is 0 Å². The lowest BCUT2D eigenvalue weighted by Crippen LogP contribution is -2.58. The van der Waals surface area contributed by atoms with Gasteiger partial charge in [0.15, 0.2) is 0 Å². The molecule has 0 saturated carbocycles. The molecule has 13 heavy (non-hydrogen) atoms. The summed E-state index contributed by atoms with van der Waals surface area (Å²) >= 11 is 0. The monoisotopic (exact) mass is 183 g/mol. The van der Waals surface area contributed by atoms with Crippen LogP contribution in [-0.2, 0) is 0 Å². The molecule has 1 spiro atoms. The van der Waals surface area contributed by atoms with Gasteiger partial charge < -0.3 is 4.48 Å². The Kier molecular flexibility index (Phi) is 2.61. The van der Waals surface area contributed by atoms with Crippen molar-refractivity contribution >= 4 is 0 Å². The van der Waals surface area contributed by atoms with Crippen molar-refractivity contribution in [3.05, 3.63) is 0 Å². The van der Waals surface area contributed by atoms with Gasteiger partial charge in [-0.3, -0.25) is 4.90 Å². The molecule has 76 valence electrons. The lowest BCUT2D eigenvalue weighted by molar-refractivity contribution is -0.932. The highest BCUT2D eigenvalue weighted by molar-refractivity contribution is 4.67. The Hall–Kier alpha value is -0.0800. The van der Waals surface area contributed by atoms with Crippen molar-refractivity contribution in [2.24, 2.45) is 0 Å². The SMILES string of the molecule is CC(C)N1CCC[N+]2(CCCC2)C1. The van der Waals surface area contributed by atoms with Gasteiger partial charge in [0, 0.05) is 31.8 Å². The average molecular weight is 183 g/mol. The van der Waals surface area contributed by atoms with Gasteiger partial charge in [-0.05, 0) is 13.8 Å². The second-order valence-electron chi connectivity index (χ2n) is 5.12. The summed E-state index contributed by atoms with van der Waals surface area (Å²) in [6.07, 6.45) is 4.34. The van der Waals surface area contributed by atoms with Gasteiger partial charge in [0.1, 0.15) is 6.67 Å². The molecular formula is C11H23N2+. The molecule has 0 aromatic heterocycles. The third-order valence-electron chi connectivity index (χ3n) is 3.80. The molecule has 0 atom stereocenters. The summed E-state index contributed by atoms with van der Waals surface area (Å²) in [6.45, 7) is 11.7. The Morgan fingerprint density at radius 2 is 1.62 bits per heavy atom. The Labute approximate surface area is 82.1 Å². The van der Waals surface area contributed by atoms with Gasteiger partial charge in [-0.25, -0.2) is 0 Å². The molecule has 2 aliphatic heterocycles. The third-order valence-corrected chi connectivity index (χ3v) is 3.80. The van der Waals surface area contributed by atoms with Gasteiger partial charge in [0.25, 0.3) is 0 Å². The van der Waals surface area contributed by atoms with Crippen molar-refractivity contribution in [3.8, 4) is 0 Å². The molecule has 0 aromatic rings. The maximum Gasteiger partial charge on any atom is 0.135 e. The van der Waals surface area contributed by atoms with Crippen LogP contribution in [0.5, 0.6) is 0 Å². The van der Waals surface area contributed by atoms with E-state index in [0.717, 1.165) is 6.04 Å². The molecule has 2 saturated heterocycles. The number of quaternary nitrogens is 1. The van der Waals surface area contributed by atoms with E-state index in [1.807, 2.05) is 0 Å². The van der Waals surface area contributed by atoms with Crippen LogP contribution in [0.15, 0.2) is 0 Å². The van der Waals surface area contributed by atoms with E-state index in [9.17, 15) is 0 Å². The maximum absolute atomic E-state index is 2.66. The first-order valence-electron chi connectivity index (χ1n) is 5.81. The van der Waals surface area contributed by atoms with E-state index in [1.54, 1.807) is 0 Å². The van der Waals surface area contributed by atoms with Crippen LogP contribution in [0.2, 0.25) is 0 Å². The van der Waals surface area contributed by atoms with Crippen LogP contribution in [0.1, 0.15) is 33.1 Å². The minimum atomic E-state index is 0.746. The molecule has 0 aliphatic carbocycles. The summed E-state index contributed by atoms with van der Waals surface area (Å²) in [5.41, 5.74) is 0. The molecule has 0 aromatic carbocycles. The van der Waals surface area contributed by atoms with E-state index in [0.29, 0.717) is 0 Å². The normalized spacial score (nSPS) is 28.8. The van der Waals surface area contributed by atoms with E-state index < -0.39 is 0 Å². The maximum atomic E-state index is 2.66. The molecule has 2 rings (SSSR count). The van der Waals surface area contributed by atoms with Crippen LogP contribution in [0, 0.1) is 0 Å². The molecule has 0 radical (unpaired) electrons. The highest BCUT2D eigenvalue weighted by atomic mass is 15.5.